The quantitative estimate of drug-likeness (QED) is 0.113. The zero-order valence-corrected chi connectivity index (χ0v) is 41.6. The van der Waals surface area contributed by atoms with Gasteiger partial charge in [-0.05, 0) is 79.6 Å². The van der Waals surface area contributed by atoms with Crippen molar-refractivity contribution < 1.29 is 33.8 Å². The van der Waals surface area contributed by atoms with E-state index < -0.39 is 35.4 Å². The predicted octanol–water partition coefficient (Wildman–Crippen LogP) is 6.37. The fourth-order valence-corrected chi connectivity index (χ4v) is 11.2. The minimum absolute atomic E-state index is 0.0107. The summed E-state index contributed by atoms with van der Waals surface area (Å²) in [6, 6.07) is 21.1. The van der Waals surface area contributed by atoms with Crippen LogP contribution in [-0.2, 0) is 19.1 Å². The molecule has 0 radical (unpaired) electrons. The molecule has 1 aromatic heterocycles. The van der Waals surface area contributed by atoms with E-state index in [-0.39, 0.29) is 55.6 Å². The highest BCUT2D eigenvalue weighted by Gasteiger charge is 2.46. The number of aliphatic hydroxyl groups is 1. The van der Waals surface area contributed by atoms with Gasteiger partial charge in [0, 0.05) is 87.9 Å². The number of aryl methyl sites for hydroxylation is 1. The van der Waals surface area contributed by atoms with E-state index in [0.29, 0.717) is 35.1 Å². The smallest absolute Gasteiger partial charge is 0.254 e. The van der Waals surface area contributed by atoms with Crippen molar-refractivity contribution in [1.82, 2.24) is 30.3 Å². The summed E-state index contributed by atoms with van der Waals surface area (Å²) in [5.41, 5.74) is 6.20. The molecule has 4 saturated heterocycles. The van der Waals surface area contributed by atoms with Crippen LogP contribution in [-0.4, -0.2) is 137 Å². The third-order valence-electron chi connectivity index (χ3n) is 14.0. The van der Waals surface area contributed by atoms with Gasteiger partial charge in [0.2, 0.25) is 17.7 Å². The molecule has 69 heavy (non-hydrogen) atoms. The summed E-state index contributed by atoms with van der Waals surface area (Å²) in [5.74, 6) is -0.524. The first-order valence-corrected chi connectivity index (χ1v) is 25.2. The van der Waals surface area contributed by atoms with Gasteiger partial charge in [0.1, 0.15) is 36.6 Å². The Labute approximate surface area is 413 Å². The maximum atomic E-state index is 14.1. The third kappa shape index (κ3) is 11.7. The number of carbonyl (C=O) groups is 4. The predicted molar refractivity (Wildman–Crippen MR) is 265 cm³/mol. The van der Waals surface area contributed by atoms with E-state index in [4.69, 9.17) is 21.1 Å². The van der Waals surface area contributed by atoms with E-state index in [1.165, 1.54) is 4.90 Å². The van der Waals surface area contributed by atoms with Crippen LogP contribution in [0.15, 0.2) is 72.2 Å². The Balaban J connectivity index is 0.756. The van der Waals surface area contributed by atoms with Gasteiger partial charge in [0.05, 0.1) is 45.4 Å². The summed E-state index contributed by atoms with van der Waals surface area (Å²) in [6.45, 7) is 13.4. The van der Waals surface area contributed by atoms with Crippen molar-refractivity contribution in [1.29, 1.82) is 5.26 Å². The number of likely N-dealkylation sites (tertiary alicyclic amines) is 1. The zero-order chi connectivity index (χ0) is 49.0. The van der Waals surface area contributed by atoms with Crippen molar-refractivity contribution in [3.63, 3.8) is 0 Å². The second-order valence-corrected chi connectivity index (χ2v) is 21.1. The molecule has 15 nitrogen and oxygen atoms in total. The molecule has 4 aliphatic rings. The largest absolute Gasteiger partial charge is 0.490 e. The summed E-state index contributed by atoms with van der Waals surface area (Å²) < 4.78 is 12.1. The molecular formula is C52H63ClN8O7S. The van der Waals surface area contributed by atoms with Crippen molar-refractivity contribution in [2.24, 2.45) is 5.41 Å². The average molecular weight is 980 g/mol. The fraction of sp³-hybridized carbons (Fsp3) is 0.500. The number of amides is 4. The van der Waals surface area contributed by atoms with Crippen LogP contribution in [0.25, 0.3) is 10.4 Å². The van der Waals surface area contributed by atoms with E-state index in [0.717, 1.165) is 79.2 Å². The molecule has 4 aromatic rings. The number of β-amino-alcohol motifs (C(OH)–C–C–N with tert-alkyl or cyclic N) is 1. The number of piperidine rings is 1. The molecule has 0 saturated carbocycles. The first-order valence-electron chi connectivity index (χ1n) is 24.0. The number of nitriles is 1. The molecule has 6 unspecified atom stereocenters. The molecule has 4 aliphatic heterocycles. The number of nitrogens with zero attached hydrogens (tertiary/aromatic N) is 6. The molecule has 0 aliphatic carbocycles. The van der Waals surface area contributed by atoms with Gasteiger partial charge in [-0.25, -0.2) is 4.98 Å². The fourth-order valence-electron chi connectivity index (χ4n) is 10.2. The highest BCUT2D eigenvalue weighted by atomic mass is 35.5. The van der Waals surface area contributed by atoms with Crippen molar-refractivity contribution in [2.75, 3.05) is 57.4 Å². The van der Waals surface area contributed by atoms with Gasteiger partial charge >= 0.3 is 0 Å². The number of rotatable bonds is 15. The lowest BCUT2D eigenvalue weighted by molar-refractivity contribution is -0.144. The van der Waals surface area contributed by atoms with Crippen LogP contribution in [0.1, 0.15) is 93.0 Å². The van der Waals surface area contributed by atoms with Gasteiger partial charge in [-0.3, -0.25) is 24.1 Å². The maximum absolute atomic E-state index is 14.1. The van der Waals surface area contributed by atoms with Gasteiger partial charge in [0.15, 0.2) is 0 Å². The molecule has 6 atom stereocenters. The number of hydrogen-bond acceptors (Lipinski definition) is 12. The SMILES string of the molecule is Cc1ncsc1-c1ccc(C(C)NC(=O)C2CC(O)CN2C(=O)C(NC(=O)COCCN2CCN(c3ccc(C(=O)N4C5CCC4CC(Oc4ccc(C#N)c(Cl)c4)C5)cc3)CC2)C(C)(C)C)cc1. The van der Waals surface area contributed by atoms with E-state index in [1.54, 1.807) is 29.5 Å². The Morgan fingerprint density at radius 1 is 0.957 bits per heavy atom. The van der Waals surface area contributed by atoms with Crippen LogP contribution in [0, 0.1) is 23.7 Å². The number of halogens is 1. The van der Waals surface area contributed by atoms with Gasteiger partial charge in [0.25, 0.3) is 5.91 Å². The summed E-state index contributed by atoms with van der Waals surface area (Å²) in [6.07, 6.45) is 2.60. The van der Waals surface area contributed by atoms with E-state index in [1.807, 2.05) is 88.7 Å². The number of anilines is 1. The average Bonchev–Trinajstić information content (AvgIpc) is 4.03. The van der Waals surface area contributed by atoms with Crippen LogP contribution < -0.4 is 20.3 Å². The maximum Gasteiger partial charge on any atom is 0.254 e. The number of aromatic nitrogens is 1. The highest BCUT2D eigenvalue weighted by Crippen LogP contribution is 2.39. The van der Waals surface area contributed by atoms with Crippen LogP contribution in [0.3, 0.4) is 0 Å². The minimum atomic E-state index is -0.954. The molecule has 3 aromatic carbocycles. The van der Waals surface area contributed by atoms with E-state index >= 15 is 0 Å². The van der Waals surface area contributed by atoms with Crippen LogP contribution in [0.2, 0.25) is 5.02 Å². The molecule has 8 rings (SSSR count). The molecule has 0 spiro atoms. The number of carbonyl (C=O) groups excluding carboxylic acids is 4. The molecule has 3 N–H and O–H groups in total. The Bertz CT molecular complexity index is 2500. The lowest BCUT2D eigenvalue weighted by atomic mass is 9.85. The number of benzene rings is 3. The van der Waals surface area contributed by atoms with Crippen LogP contribution in [0.5, 0.6) is 5.75 Å². The molecule has 2 bridgehead atoms. The number of nitrogens with one attached hydrogen (secondary N) is 2. The summed E-state index contributed by atoms with van der Waals surface area (Å²) in [7, 11) is 0. The number of aliphatic hydroxyl groups excluding tert-OH is 1. The van der Waals surface area contributed by atoms with E-state index in [2.05, 4.69) is 36.4 Å². The monoisotopic (exact) mass is 978 g/mol. The second kappa shape index (κ2) is 21.6. The van der Waals surface area contributed by atoms with Crippen molar-refractivity contribution in [3.8, 4) is 22.3 Å². The highest BCUT2D eigenvalue weighted by molar-refractivity contribution is 7.13. The van der Waals surface area contributed by atoms with Gasteiger partial charge in [-0.1, -0.05) is 56.6 Å². The molecular weight excluding hydrogens is 916 g/mol. The number of hydrogen-bond donors (Lipinski definition) is 3. The first-order chi connectivity index (χ1) is 33.1. The van der Waals surface area contributed by atoms with Crippen molar-refractivity contribution >= 4 is 52.3 Å². The summed E-state index contributed by atoms with van der Waals surface area (Å²) in [4.78, 5) is 68.4. The van der Waals surface area contributed by atoms with Gasteiger partial charge < -0.3 is 39.9 Å². The van der Waals surface area contributed by atoms with Crippen molar-refractivity contribution in [2.45, 2.75) is 109 Å². The standard InChI is InChI=1S/C52H63ClN8O7S/c1-32(34-6-8-35(9-7-34)47-33(2)55-31-69-47)56-49(64)45-26-41(62)29-60(45)51(66)48(52(3,4)5)57-46(63)30-67-23-22-58-18-20-59(21-19-58)38-13-10-36(11-14-38)50(65)61-39-15-16-40(61)25-43(24-39)68-42-17-12-37(28-54)44(53)27-42/h6-14,17,27,31-32,39-41,43,45,48,62H,15-16,18-26,29-30H2,1-5H3,(H,56,64)(H,57,63). The molecule has 17 heteroatoms. The summed E-state index contributed by atoms with van der Waals surface area (Å²) >= 11 is 7.81. The molecule has 4 amide bonds. The Morgan fingerprint density at radius 3 is 2.28 bits per heavy atom. The number of piperazine rings is 1. The number of thiazole rings is 1. The lowest BCUT2D eigenvalue weighted by Gasteiger charge is -2.39. The Morgan fingerprint density at radius 2 is 1.65 bits per heavy atom. The first kappa shape index (κ1) is 49.8. The summed E-state index contributed by atoms with van der Waals surface area (Å²) in [5, 5.41) is 26.2. The molecule has 4 fully saturated rings. The second-order valence-electron chi connectivity index (χ2n) is 19.9. The third-order valence-corrected chi connectivity index (χ3v) is 15.3. The number of ether oxygens (including phenoxy) is 2. The Hall–Kier alpha value is -5.57. The van der Waals surface area contributed by atoms with Crippen LogP contribution in [0.4, 0.5) is 5.69 Å². The normalized spacial score (nSPS) is 22.5. The van der Waals surface area contributed by atoms with Gasteiger partial charge in [-0.15, -0.1) is 11.3 Å². The number of fused-ring (bicyclic) bond motifs is 2. The minimum Gasteiger partial charge on any atom is -0.490 e. The molecule has 366 valence electrons. The zero-order valence-electron chi connectivity index (χ0n) is 40.0. The topological polar surface area (TPSA) is 181 Å². The lowest BCUT2D eigenvalue weighted by Crippen LogP contribution is -2.58. The van der Waals surface area contributed by atoms with Crippen molar-refractivity contribution in [3.05, 3.63) is 99.6 Å². The van der Waals surface area contributed by atoms with Crippen LogP contribution >= 0.6 is 22.9 Å². The Kier molecular flexibility index (Phi) is 15.6. The molecule has 5 heterocycles. The van der Waals surface area contributed by atoms with Gasteiger partial charge in [-0.2, -0.15) is 5.26 Å². The van der Waals surface area contributed by atoms with E-state index in [9.17, 15) is 29.5 Å².